The van der Waals surface area contributed by atoms with Crippen molar-refractivity contribution in [3.63, 3.8) is 0 Å². The minimum absolute atomic E-state index is 0.105. The van der Waals surface area contributed by atoms with Crippen LogP contribution in [0.25, 0.3) is 16.5 Å². The number of fused-ring (bicyclic) bond motifs is 3. The average molecular weight is 269 g/mol. The molecule has 0 saturated heterocycles. The number of carbonyl (C=O) groups excluding carboxylic acids is 1. The Balaban J connectivity index is 2.30. The van der Waals surface area contributed by atoms with E-state index in [9.17, 15) is 4.79 Å². The second-order valence-electron chi connectivity index (χ2n) is 5.71. The molecule has 0 fully saturated rings. The predicted molar refractivity (Wildman–Crippen MR) is 80.5 cm³/mol. The first-order chi connectivity index (χ1) is 9.56. The largest absolute Gasteiger partial charge is 0.466 e. The molecule has 2 aromatic rings. The zero-order valence-corrected chi connectivity index (χ0v) is 12.3. The van der Waals surface area contributed by atoms with Gasteiger partial charge in [0.2, 0.25) is 0 Å². The van der Waals surface area contributed by atoms with Crippen molar-refractivity contribution in [3.05, 3.63) is 41.1 Å². The van der Waals surface area contributed by atoms with Crippen molar-refractivity contribution in [2.75, 3.05) is 7.11 Å². The molecular formula is C17H19NO2. The number of hydrogen-bond donors (Lipinski definition) is 1. The van der Waals surface area contributed by atoms with E-state index in [1.807, 2.05) is 19.1 Å². The van der Waals surface area contributed by atoms with Crippen LogP contribution in [0.3, 0.4) is 0 Å². The monoisotopic (exact) mass is 269 g/mol. The summed E-state index contributed by atoms with van der Waals surface area (Å²) in [6.07, 6.45) is 0. The van der Waals surface area contributed by atoms with E-state index in [0.717, 1.165) is 22.4 Å². The number of nitrogens with one attached hydrogen (secondary N) is 1. The van der Waals surface area contributed by atoms with Crippen LogP contribution >= 0.6 is 0 Å². The van der Waals surface area contributed by atoms with Gasteiger partial charge in [-0.1, -0.05) is 32.0 Å². The molecule has 1 aliphatic carbocycles. The summed E-state index contributed by atoms with van der Waals surface area (Å²) in [7, 11) is 1.45. The van der Waals surface area contributed by atoms with Crippen LogP contribution in [0.15, 0.2) is 29.8 Å². The Morgan fingerprint density at radius 3 is 2.65 bits per heavy atom. The van der Waals surface area contributed by atoms with E-state index in [2.05, 4.69) is 31.0 Å². The molecule has 1 unspecified atom stereocenters. The highest BCUT2D eigenvalue weighted by molar-refractivity contribution is 6.05. The maximum atomic E-state index is 12.1. The summed E-state index contributed by atoms with van der Waals surface area (Å²) in [6, 6.07) is 8.27. The number of aromatic amines is 1. The maximum Gasteiger partial charge on any atom is 0.334 e. The van der Waals surface area contributed by atoms with Crippen molar-refractivity contribution >= 4 is 22.4 Å². The standard InChI is InChI=1S/C17H19NO2/c1-9(2)13-14(17(19)20-4)10(3)16-15(13)11-7-5-6-8-12(11)18-16/h5-9,13,18H,1-4H3. The van der Waals surface area contributed by atoms with Gasteiger partial charge in [0.15, 0.2) is 0 Å². The second kappa shape index (κ2) is 4.51. The lowest BCUT2D eigenvalue weighted by atomic mass is 9.85. The molecule has 104 valence electrons. The molecule has 0 saturated carbocycles. The molecular weight excluding hydrogens is 250 g/mol. The summed E-state index contributed by atoms with van der Waals surface area (Å²) in [4.78, 5) is 15.6. The van der Waals surface area contributed by atoms with Crippen molar-refractivity contribution in [1.29, 1.82) is 0 Å². The summed E-state index contributed by atoms with van der Waals surface area (Å²) >= 11 is 0. The van der Waals surface area contributed by atoms with E-state index in [1.165, 1.54) is 18.1 Å². The van der Waals surface area contributed by atoms with Crippen molar-refractivity contribution in [1.82, 2.24) is 4.98 Å². The Kier molecular flexibility index (Phi) is 2.93. The molecule has 1 N–H and O–H groups in total. The highest BCUT2D eigenvalue weighted by Crippen LogP contribution is 2.48. The van der Waals surface area contributed by atoms with Gasteiger partial charge in [-0.05, 0) is 30.0 Å². The zero-order chi connectivity index (χ0) is 14.4. The molecule has 0 radical (unpaired) electrons. The highest BCUT2D eigenvalue weighted by atomic mass is 16.5. The van der Waals surface area contributed by atoms with Gasteiger partial charge in [0, 0.05) is 28.1 Å². The molecule has 1 atom stereocenters. The number of methoxy groups -OCH3 is 1. The fourth-order valence-electron chi connectivity index (χ4n) is 3.35. The van der Waals surface area contributed by atoms with Gasteiger partial charge in [0.25, 0.3) is 0 Å². The molecule has 1 aromatic carbocycles. The van der Waals surface area contributed by atoms with Gasteiger partial charge >= 0.3 is 5.97 Å². The number of aromatic nitrogens is 1. The number of esters is 1. The van der Waals surface area contributed by atoms with Crippen LogP contribution < -0.4 is 0 Å². The summed E-state index contributed by atoms with van der Waals surface area (Å²) in [5, 5.41) is 1.21. The minimum Gasteiger partial charge on any atom is -0.466 e. The minimum atomic E-state index is -0.213. The van der Waals surface area contributed by atoms with Crippen molar-refractivity contribution in [3.8, 4) is 0 Å². The Morgan fingerprint density at radius 1 is 1.30 bits per heavy atom. The maximum absolute atomic E-state index is 12.1. The molecule has 3 heteroatoms. The number of benzene rings is 1. The number of hydrogen-bond acceptors (Lipinski definition) is 2. The number of rotatable bonds is 2. The highest BCUT2D eigenvalue weighted by Gasteiger charge is 2.38. The van der Waals surface area contributed by atoms with Crippen molar-refractivity contribution in [2.45, 2.75) is 26.7 Å². The first-order valence-electron chi connectivity index (χ1n) is 6.96. The van der Waals surface area contributed by atoms with Gasteiger partial charge < -0.3 is 9.72 Å². The van der Waals surface area contributed by atoms with E-state index < -0.39 is 0 Å². The van der Waals surface area contributed by atoms with Crippen LogP contribution in [0.4, 0.5) is 0 Å². The number of carbonyl (C=O) groups is 1. The van der Waals surface area contributed by atoms with Gasteiger partial charge in [0.05, 0.1) is 7.11 Å². The smallest absolute Gasteiger partial charge is 0.334 e. The third-order valence-corrected chi connectivity index (χ3v) is 4.22. The molecule has 20 heavy (non-hydrogen) atoms. The third-order valence-electron chi connectivity index (χ3n) is 4.22. The Hall–Kier alpha value is -2.03. The molecule has 1 aliphatic rings. The SMILES string of the molecule is COC(=O)C1=C(C)c2[nH]c3ccccc3c2C1C(C)C. The number of ether oxygens (including phenoxy) is 1. The summed E-state index contributed by atoms with van der Waals surface area (Å²) < 4.78 is 4.99. The first kappa shape index (κ1) is 13.0. The molecule has 0 aliphatic heterocycles. The van der Waals surface area contributed by atoms with Gasteiger partial charge in [-0.15, -0.1) is 0 Å². The molecule has 0 bridgehead atoms. The fourth-order valence-corrected chi connectivity index (χ4v) is 3.35. The topological polar surface area (TPSA) is 42.1 Å². The second-order valence-corrected chi connectivity index (χ2v) is 5.71. The normalized spacial score (nSPS) is 17.9. The number of allylic oxidation sites excluding steroid dienone is 1. The van der Waals surface area contributed by atoms with E-state index in [0.29, 0.717) is 5.92 Å². The van der Waals surface area contributed by atoms with E-state index in [-0.39, 0.29) is 11.9 Å². The molecule has 0 spiro atoms. The van der Waals surface area contributed by atoms with E-state index in [1.54, 1.807) is 0 Å². The van der Waals surface area contributed by atoms with Gasteiger partial charge in [-0.2, -0.15) is 0 Å². The first-order valence-corrected chi connectivity index (χ1v) is 6.96. The van der Waals surface area contributed by atoms with Gasteiger partial charge in [-0.25, -0.2) is 4.79 Å². The Morgan fingerprint density at radius 2 is 2.00 bits per heavy atom. The Labute approximate surface area is 118 Å². The summed E-state index contributed by atoms with van der Waals surface area (Å²) in [5.41, 5.74) is 5.28. The van der Waals surface area contributed by atoms with Crippen molar-refractivity contribution in [2.24, 2.45) is 5.92 Å². The quantitative estimate of drug-likeness (QED) is 0.841. The molecule has 1 heterocycles. The fraction of sp³-hybridized carbons (Fsp3) is 0.353. The molecule has 3 rings (SSSR count). The zero-order valence-electron chi connectivity index (χ0n) is 12.3. The average Bonchev–Trinajstić information content (AvgIpc) is 2.94. The van der Waals surface area contributed by atoms with E-state index >= 15 is 0 Å². The van der Waals surface area contributed by atoms with Crippen LogP contribution in [0.5, 0.6) is 0 Å². The molecule has 1 aromatic heterocycles. The predicted octanol–water partition coefficient (Wildman–Crippen LogP) is 3.87. The van der Waals surface area contributed by atoms with Gasteiger partial charge in [0.1, 0.15) is 0 Å². The number of para-hydroxylation sites is 1. The summed E-state index contributed by atoms with van der Waals surface area (Å²) in [6.45, 7) is 6.30. The molecule has 3 nitrogen and oxygen atoms in total. The van der Waals surface area contributed by atoms with Crippen molar-refractivity contribution < 1.29 is 9.53 Å². The lowest BCUT2D eigenvalue weighted by Crippen LogP contribution is -2.15. The summed E-state index contributed by atoms with van der Waals surface area (Å²) in [5.74, 6) is 0.239. The lowest BCUT2D eigenvalue weighted by molar-refractivity contribution is -0.136. The van der Waals surface area contributed by atoms with Crippen LogP contribution in [0.2, 0.25) is 0 Å². The van der Waals surface area contributed by atoms with Crippen LogP contribution in [0, 0.1) is 5.92 Å². The Bertz CT molecular complexity index is 722. The lowest BCUT2D eigenvalue weighted by Gasteiger charge is -2.19. The molecule has 0 amide bonds. The van der Waals surface area contributed by atoms with E-state index in [4.69, 9.17) is 4.74 Å². The third kappa shape index (κ3) is 1.62. The van der Waals surface area contributed by atoms with Gasteiger partial charge in [-0.3, -0.25) is 0 Å². The van der Waals surface area contributed by atoms with Crippen LogP contribution in [0.1, 0.15) is 37.9 Å². The van der Waals surface area contributed by atoms with Crippen LogP contribution in [-0.4, -0.2) is 18.1 Å². The van der Waals surface area contributed by atoms with Crippen LogP contribution in [-0.2, 0) is 9.53 Å². The number of H-pyrrole nitrogens is 1.